The van der Waals surface area contributed by atoms with Crippen LogP contribution in [0.3, 0.4) is 0 Å². The summed E-state index contributed by atoms with van der Waals surface area (Å²) in [5.74, 6) is 0. The van der Waals surface area contributed by atoms with E-state index < -0.39 is 5.60 Å². The summed E-state index contributed by atoms with van der Waals surface area (Å²) in [5.41, 5.74) is 1.05. The average Bonchev–Trinajstić information content (AvgIpc) is 3.19. The van der Waals surface area contributed by atoms with Gasteiger partial charge in [-0.3, -0.25) is 0 Å². The maximum absolute atomic E-state index is 10.5. The highest BCUT2D eigenvalue weighted by Crippen LogP contribution is 2.27. The zero-order chi connectivity index (χ0) is 15.4. The van der Waals surface area contributed by atoms with Gasteiger partial charge in [-0.2, -0.15) is 0 Å². The smallest absolute Gasteiger partial charge is 0.133 e. The van der Waals surface area contributed by atoms with Crippen molar-refractivity contribution >= 4 is 22.7 Å². The Bertz CT molecular complexity index is 705. The second-order valence-corrected chi connectivity index (χ2v) is 7.17. The van der Waals surface area contributed by atoms with Crippen LogP contribution < -0.4 is 5.32 Å². The van der Waals surface area contributed by atoms with Gasteiger partial charge in [0.1, 0.15) is 5.01 Å². The number of hydrogen-bond donors (Lipinski definition) is 2. The molecule has 0 aliphatic heterocycles. The highest BCUT2D eigenvalue weighted by molar-refractivity contribution is 7.20. The van der Waals surface area contributed by atoms with Gasteiger partial charge in [0.2, 0.25) is 0 Å². The quantitative estimate of drug-likeness (QED) is 0.721. The van der Waals surface area contributed by atoms with E-state index in [9.17, 15) is 5.11 Å². The number of aliphatic hydroxyl groups is 1. The molecule has 0 bridgehead atoms. The van der Waals surface area contributed by atoms with Gasteiger partial charge in [-0.25, -0.2) is 4.98 Å². The van der Waals surface area contributed by atoms with Crippen molar-refractivity contribution in [2.45, 2.75) is 19.1 Å². The highest BCUT2D eigenvalue weighted by Gasteiger charge is 2.22. The number of thiophene rings is 1. The van der Waals surface area contributed by atoms with Crippen molar-refractivity contribution in [3.63, 3.8) is 0 Å². The Morgan fingerprint density at radius 1 is 1.14 bits per heavy atom. The molecule has 2 aromatic heterocycles. The maximum atomic E-state index is 10.5. The van der Waals surface area contributed by atoms with E-state index in [1.54, 1.807) is 22.7 Å². The van der Waals surface area contributed by atoms with Gasteiger partial charge in [-0.1, -0.05) is 36.4 Å². The maximum Gasteiger partial charge on any atom is 0.133 e. The minimum atomic E-state index is -0.881. The SMILES string of the molecule is CC(O)(CNCc1csc(-c2cccs2)n1)c1ccccc1. The molecule has 0 saturated heterocycles. The van der Waals surface area contributed by atoms with Gasteiger partial charge in [-0.05, 0) is 23.9 Å². The minimum absolute atomic E-state index is 0.489. The second kappa shape index (κ2) is 6.71. The Morgan fingerprint density at radius 2 is 1.95 bits per heavy atom. The summed E-state index contributed by atoms with van der Waals surface area (Å²) in [5, 5.41) is 19.0. The summed E-state index contributed by atoms with van der Waals surface area (Å²) in [6, 6.07) is 13.8. The molecule has 2 N–H and O–H groups in total. The van der Waals surface area contributed by atoms with Crippen LogP contribution in [0.4, 0.5) is 0 Å². The summed E-state index contributed by atoms with van der Waals surface area (Å²) in [6.45, 7) is 2.97. The Labute approximate surface area is 138 Å². The van der Waals surface area contributed by atoms with Crippen molar-refractivity contribution in [3.8, 4) is 9.88 Å². The van der Waals surface area contributed by atoms with Crippen LogP contribution in [0.2, 0.25) is 0 Å². The van der Waals surface area contributed by atoms with Crippen LogP contribution >= 0.6 is 22.7 Å². The molecule has 0 saturated carbocycles. The molecular formula is C17H18N2OS2. The van der Waals surface area contributed by atoms with Gasteiger partial charge in [0.25, 0.3) is 0 Å². The van der Waals surface area contributed by atoms with Gasteiger partial charge < -0.3 is 10.4 Å². The predicted molar refractivity (Wildman–Crippen MR) is 93.1 cm³/mol. The van der Waals surface area contributed by atoms with Crippen LogP contribution in [-0.4, -0.2) is 16.6 Å². The van der Waals surface area contributed by atoms with Crippen LogP contribution in [0.5, 0.6) is 0 Å². The van der Waals surface area contributed by atoms with Crippen molar-refractivity contribution in [1.82, 2.24) is 10.3 Å². The topological polar surface area (TPSA) is 45.1 Å². The molecule has 3 aromatic rings. The monoisotopic (exact) mass is 330 g/mol. The molecule has 2 heterocycles. The van der Waals surface area contributed by atoms with Crippen LogP contribution in [0.25, 0.3) is 9.88 Å². The molecular weight excluding hydrogens is 312 g/mol. The van der Waals surface area contributed by atoms with Crippen molar-refractivity contribution in [2.24, 2.45) is 0 Å². The number of nitrogens with one attached hydrogen (secondary N) is 1. The fourth-order valence-electron chi connectivity index (χ4n) is 2.23. The summed E-state index contributed by atoms with van der Waals surface area (Å²) >= 11 is 3.36. The Balaban J connectivity index is 1.57. The standard InChI is InChI=1S/C17H18N2OS2/c1-17(20,13-6-3-2-4-7-13)12-18-10-14-11-22-16(19-14)15-8-5-9-21-15/h2-9,11,18,20H,10,12H2,1H3. The molecule has 1 aromatic carbocycles. The van der Waals surface area contributed by atoms with Crippen molar-refractivity contribution in [1.29, 1.82) is 0 Å². The first-order valence-electron chi connectivity index (χ1n) is 7.12. The number of nitrogens with zero attached hydrogens (tertiary/aromatic N) is 1. The van der Waals surface area contributed by atoms with Crippen LogP contribution in [0.15, 0.2) is 53.2 Å². The van der Waals surface area contributed by atoms with Gasteiger partial charge in [-0.15, -0.1) is 22.7 Å². The first-order valence-corrected chi connectivity index (χ1v) is 8.88. The summed E-state index contributed by atoms with van der Waals surface area (Å²) in [4.78, 5) is 5.83. The highest BCUT2D eigenvalue weighted by atomic mass is 32.1. The fraction of sp³-hybridized carbons (Fsp3) is 0.235. The lowest BCUT2D eigenvalue weighted by Crippen LogP contribution is -2.35. The van der Waals surface area contributed by atoms with Crippen LogP contribution in [-0.2, 0) is 12.1 Å². The molecule has 5 heteroatoms. The molecule has 3 rings (SSSR count). The van der Waals surface area contributed by atoms with Gasteiger partial charge >= 0.3 is 0 Å². The molecule has 114 valence electrons. The third-order valence-corrected chi connectivity index (χ3v) is 5.38. The van der Waals surface area contributed by atoms with Crippen LogP contribution in [0, 0.1) is 0 Å². The average molecular weight is 330 g/mol. The van der Waals surface area contributed by atoms with Crippen molar-refractivity contribution in [3.05, 3.63) is 64.5 Å². The largest absolute Gasteiger partial charge is 0.384 e. The van der Waals surface area contributed by atoms with E-state index in [4.69, 9.17) is 0 Å². The summed E-state index contributed by atoms with van der Waals surface area (Å²) in [6.07, 6.45) is 0. The van der Waals surface area contributed by atoms with Crippen molar-refractivity contribution < 1.29 is 5.11 Å². The lowest BCUT2D eigenvalue weighted by Gasteiger charge is -2.24. The molecule has 0 radical (unpaired) electrons. The second-order valence-electron chi connectivity index (χ2n) is 5.36. The molecule has 0 aliphatic rings. The molecule has 0 amide bonds. The molecule has 3 nitrogen and oxygen atoms in total. The third kappa shape index (κ3) is 3.62. The van der Waals surface area contributed by atoms with E-state index in [1.807, 2.05) is 43.3 Å². The van der Waals surface area contributed by atoms with Gasteiger partial charge in [0, 0.05) is 18.5 Å². The first-order chi connectivity index (χ1) is 10.6. The summed E-state index contributed by atoms with van der Waals surface area (Å²) in [7, 11) is 0. The molecule has 22 heavy (non-hydrogen) atoms. The van der Waals surface area contributed by atoms with E-state index in [1.165, 1.54) is 4.88 Å². The van der Waals surface area contributed by atoms with E-state index in [0.29, 0.717) is 13.1 Å². The summed E-state index contributed by atoms with van der Waals surface area (Å²) < 4.78 is 0. The third-order valence-electron chi connectivity index (χ3n) is 3.45. The Kier molecular flexibility index (Phi) is 4.69. The lowest BCUT2D eigenvalue weighted by atomic mass is 9.96. The number of benzene rings is 1. The number of thiazole rings is 1. The normalized spacial score (nSPS) is 13.9. The van der Waals surface area contributed by atoms with Crippen molar-refractivity contribution in [2.75, 3.05) is 6.54 Å². The van der Waals surface area contributed by atoms with Gasteiger partial charge in [0.15, 0.2) is 0 Å². The number of rotatable bonds is 6. The predicted octanol–water partition coefficient (Wildman–Crippen LogP) is 3.87. The molecule has 0 fully saturated rings. The zero-order valence-electron chi connectivity index (χ0n) is 12.3. The van der Waals surface area contributed by atoms with E-state index in [-0.39, 0.29) is 0 Å². The number of hydrogen-bond acceptors (Lipinski definition) is 5. The Hall–Kier alpha value is -1.53. The minimum Gasteiger partial charge on any atom is -0.384 e. The zero-order valence-corrected chi connectivity index (χ0v) is 14.0. The van der Waals surface area contributed by atoms with Crippen LogP contribution in [0.1, 0.15) is 18.2 Å². The van der Waals surface area contributed by atoms with E-state index in [0.717, 1.165) is 16.3 Å². The fourth-order valence-corrected chi connectivity index (χ4v) is 3.87. The van der Waals surface area contributed by atoms with E-state index >= 15 is 0 Å². The molecule has 0 aliphatic carbocycles. The lowest BCUT2D eigenvalue weighted by molar-refractivity contribution is 0.0566. The first kappa shape index (κ1) is 15.4. The molecule has 1 atom stereocenters. The number of aromatic nitrogens is 1. The van der Waals surface area contributed by atoms with Gasteiger partial charge in [0.05, 0.1) is 16.2 Å². The Morgan fingerprint density at radius 3 is 2.68 bits per heavy atom. The molecule has 1 unspecified atom stereocenters. The molecule has 0 spiro atoms. The van der Waals surface area contributed by atoms with E-state index in [2.05, 4.69) is 27.1 Å².